The molecule has 9 heteroatoms. The van der Waals surface area contributed by atoms with Gasteiger partial charge in [-0.25, -0.2) is 4.98 Å². The van der Waals surface area contributed by atoms with Crippen LogP contribution >= 0.6 is 23.1 Å². The minimum atomic E-state index is -0.626. The number of ketones is 1. The Labute approximate surface area is 193 Å². The molecular formula is C23H19N3O4S2. The van der Waals surface area contributed by atoms with E-state index in [2.05, 4.69) is 10.3 Å². The van der Waals surface area contributed by atoms with E-state index in [-0.39, 0.29) is 23.3 Å². The molecular weight excluding hydrogens is 446 g/mol. The second-order valence-corrected chi connectivity index (χ2v) is 8.77. The summed E-state index contributed by atoms with van der Waals surface area (Å²) in [4.78, 5) is 29.6. The normalized spacial score (nSPS) is 16.9. The van der Waals surface area contributed by atoms with Crippen molar-refractivity contribution >= 4 is 51.6 Å². The Morgan fingerprint density at radius 1 is 1.22 bits per heavy atom. The number of carbonyl (C=O) groups excluding carboxylic acids is 2. The summed E-state index contributed by atoms with van der Waals surface area (Å²) >= 11 is 2.51. The largest absolute Gasteiger partial charge is 0.493 e. The van der Waals surface area contributed by atoms with Gasteiger partial charge in [0.2, 0.25) is 0 Å². The Hall–Kier alpha value is -3.43. The van der Waals surface area contributed by atoms with E-state index in [4.69, 9.17) is 14.9 Å². The van der Waals surface area contributed by atoms with Crippen LogP contribution in [0.4, 0.5) is 5.69 Å². The van der Waals surface area contributed by atoms with E-state index in [1.807, 2.05) is 18.2 Å². The Balaban J connectivity index is 1.45. The number of thiazole rings is 1. The number of ether oxygens (including phenoxy) is 2. The first-order chi connectivity index (χ1) is 15.5. The third-order valence-corrected chi connectivity index (χ3v) is 6.42. The zero-order valence-electron chi connectivity index (χ0n) is 17.0. The van der Waals surface area contributed by atoms with Crippen LogP contribution < -0.4 is 14.8 Å². The lowest BCUT2D eigenvalue weighted by atomic mass is 10.0. The highest BCUT2D eigenvalue weighted by Gasteiger charge is 2.38. The highest BCUT2D eigenvalue weighted by molar-refractivity contribution is 8.19. The lowest BCUT2D eigenvalue weighted by Crippen LogP contribution is -2.20. The maximum absolute atomic E-state index is 12.8. The fraction of sp³-hybridized carbons (Fsp3) is 0.130. The van der Waals surface area contributed by atoms with Gasteiger partial charge in [-0.1, -0.05) is 36.0 Å². The molecule has 2 aromatic carbocycles. The molecule has 1 amide bonds. The van der Waals surface area contributed by atoms with Crippen LogP contribution in [-0.4, -0.2) is 35.4 Å². The van der Waals surface area contributed by atoms with Crippen LogP contribution in [0.5, 0.6) is 11.5 Å². The molecule has 2 N–H and O–H groups in total. The van der Waals surface area contributed by atoms with Crippen LogP contribution in [-0.2, 0) is 9.59 Å². The van der Waals surface area contributed by atoms with Crippen molar-refractivity contribution in [3.05, 3.63) is 75.6 Å². The summed E-state index contributed by atoms with van der Waals surface area (Å²) in [5.74, 6) is -0.194. The maximum Gasteiger partial charge on any atom is 0.262 e. The molecule has 162 valence electrons. The van der Waals surface area contributed by atoms with E-state index in [0.717, 1.165) is 17.3 Å². The second-order valence-electron chi connectivity index (χ2n) is 6.76. The van der Waals surface area contributed by atoms with Crippen molar-refractivity contribution in [1.82, 2.24) is 4.98 Å². The minimum Gasteiger partial charge on any atom is -0.493 e. The van der Waals surface area contributed by atoms with Gasteiger partial charge in [-0.05, 0) is 35.9 Å². The monoisotopic (exact) mass is 465 g/mol. The molecule has 0 bridgehead atoms. The van der Waals surface area contributed by atoms with Crippen LogP contribution in [0.25, 0.3) is 6.08 Å². The zero-order chi connectivity index (χ0) is 22.5. The number of para-hydroxylation sites is 1. The number of thioether (sulfide) groups is 1. The Kier molecular flexibility index (Phi) is 6.67. The predicted molar refractivity (Wildman–Crippen MR) is 127 cm³/mol. The number of Topliss-reactive ketones (excluding diaryl/α,β-unsaturated/α-hetero) is 1. The minimum absolute atomic E-state index is 0.133. The van der Waals surface area contributed by atoms with Gasteiger partial charge in [0.05, 0.1) is 17.1 Å². The van der Waals surface area contributed by atoms with Gasteiger partial charge in [0.15, 0.2) is 23.9 Å². The molecule has 2 heterocycles. The van der Waals surface area contributed by atoms with Crippen LogP contribution in [0.15, 0.2) is 65.0 Å². The predicted octanol–water partition coefficient (Wildman–Crippen LogP) is 4.59. The summed E-state index contributed by atoms with van der Waals surface area (Å²) < 4.78 is 11.0. The molecule has 1 aromatic heterocycles. The molecule has 0 saturated carbocycles. The Morgan fingerprint density at radius 2 is 2.03 bits per heavy atom. The number of nitrogens with one attached hydrogen (secondary N) is 2. The molecule has 0 radical (unpaired) electrons. The van der Waals surface area contributed by atoms with Crippen molar-refractivity contribution in [2.75, 3.05) is 19.0 Å². The standard InChI is InChI=1S/C23H19N3O4S2/c1-29-17-11-14(12-18-21(28)20(22(24)32-18)23-25-9-10-31-23)7-8-16(17)30-13-19(27)26-15-5-3-2-4-6-15/h2-12,20,24H,13H2,1H3,(H,26,27)/b18-12-,24-22?/t20-/m1/s1. The first-order valence-electron chi connectivity index (χ1n) is 9.62. The molecule has 0 unspecified atom stereocenters. The number of anilines is 1. The number of aromatic nitrogens is 1. The van der Waals surface area contributed by atoms with Gasteiger partial charge in [-0.15, -0.1) is 11.3 Å². The number of amides is 1. The first kappa shape index (κ1) is 21.8. The quantitative estimate of drug-likeness (QED) is 0.495. The van der Waals surface area contributed by atoms with Crippen molar-refractivity contribution in [2.45, 2.75) is 5.92 Å². The molecule has 4 rings (SSSR count). The summed E-state index contributed by atoms with van der Waals surface area (Å²) in [6.07, 6.45) is 3.36. The molecule has 3 aromatic rings. The summed E-state index contributed by atoms with van der Waals surface area (Å²) in [5, 5.41) is 13.6. The molecule has 7 nitrogen and oxygen atoms in total. The van der Waals surface area contributed by atoms with E-state index < -0.39 is 5.92 Å². The molecule has 1 aliphatic heterocycles. The van der Waals surface area contributed by atoms with Crippen molar-refractivity contribution in [1.29, 1.82) is 5.41 Å². The van der Waals surface area contributed by atoms with Crippen LogP contribution in [0.2, 0.25) is 0 Å². The number of methoxy groups -OCH3 is 1. The van der Waals surface area contributed by atoms with E-state index in [9.17, 15) is 9.59 Å². The fourth-order valence-corrected chi connectivity index (χ4v) is 4.90. The van der Waals surface area contributed by atoms with Gasteiger partial charge >= 0.3 is 0 Å². The molecule has 1 saturated heterocycles. The lowest BCUT2D eigenvalue weighted by Gasteiger charge is -2.11. The van der Waals surface area contributed by atoms with Gasteiger partial charge in [-0.2, -0.15) is 0 Å². The van der Waals surface area contributed by atoms with Crippen LogP contribution in [0, 0.1) is 5.41 Å². The third kappa shape index (κ3) is 4.90. The lowest BCUT2D eigenvalue weighted by molar-refractivity contribution is -0.118. The molecule has 1 atom stereocenters. The summed E-state index contributed by atoms with van der Waals surface area (Å²) in [6.45, 7) is -0.174. The van der Waals surface area contributed by atoms with E-state index in [1.165, 1.54) is 18.4 Å². The number of carbonyl (C=O) groups is 2. The zero-order valence-corrected chi connectivity index (χ0v) is 18.7. The molecule has 0 aliphatic carbocycles. The van der Waals surface area contributed by atoms with Crippen LogP contribution in [0.1, 0.15) is 16.5 Å². The topological polar surface area (TPSA) is 101 Å². The van der Waals surface area contributed by atoms with Gasteiger partial charge in [0, 0.05) is 17.3 Å². The molecule has 32 heavy (non-hydrogen) atoms. The highest BCUT2D eigenvalue weighted by atomic mass is 32.2. The number of hydrogen-bond donors (Lipinski definition) is 2. The molecule has 1 aliphatic rings. The third-order valence-electron chi connectivity index (χ3n) is 4.59. The van der Waals surface area contributed by atoms with E-state index in [1.54, 1.807) is 48.0 Å². The van der Waals surface area contributed by atoms with Crippen molar-refractivity contribution in [2.24, 2.45) is 0 Å². The average Bonchev–Trinajstić information content (AvgIpc) is 3.41. The number of allylic oxidation sites excluding steroid dienone is 1. The Bertz CT molecular complexity index is 1180. The van der Waals surface area contributed by atoms with E-state index >= 15 is 0 Å². The summed E-state index contributed by atoms with van der Waals surface area (Å²) in [7, 11) is 1.51. The smallest absolute Gasteiger partial charge is 0.262 e. The van der Waals surface area contributed by atoms with Crippen molar-refractivity contribution < 1.29 is 19.1 Å². The molecule has 0 spiro atoms. The fourth-order valence-electron chi connectivity index (χ4n) is 3.10. The van der Waals surface area contributed by atoms with E-state index in [0.29, 0.717) is 27.1 Å². The summed E-state index contributed by atoms with van der Waals surface area (Å²) in [5.41, 5.74) is 1.42. The van der Waals surface area contributed by atoms with Crippen LogP contribution in [0.3, 0.4) is 0 Å². The summed E-state index contributed by atoms with van der Waals surface area (Å²) in [6, 6.07) is 14.3. The number of hydrogen-bond acceptors (Lipinski definition) is 8. The van der Waals surface area contributed by atoms with Gasteiger partial charge in [-0.3, -0.25) is 15.0 Å². The number of nitrogens with zero attached hydrogens (tertiary/aromatic N) is 1. The molecule has 1 fully saturated rings. The van der Waals surface area contributed by atoms with Crippen molar-refractivity contribution in [3.8, 4) is 11.5 Å². The number of benzene rings is 2. The second kappa shape index (κ2) is 9.80. The van der Waals surface area contributed by atoms with Gasteiger partial charge in [0.25, 0.3) is 5.91 Å². The van der Waals surface area contributed by atoms with Gasteiger partial charge < -0.3 is 14.8 Å². The van der Waals surface area contributed by atoms with Crippen molar-refractivity contribution in [3.63, 3.8) is 0 Å². The first-order valence-corrected chi connectivity index (χ1v) is 11.3. The highest BCUT2D eigenvalue weighted by Crippen LogP contribution is 2.41. The van der Waals surface area contributed by atoms with Gasteiger partial charge in [0.1, 0.15) is 10.9 Å². The number of rotatable bonds is 7. The average molecular weight is 466 g/mol. The Morgan fingerprint density at radius 3 is 2.75 bits per heavy atom. The SMILES string of the molecule is COc1cc(/C=C2\SC(=N)[C@H](c3nccs3)C2=O)ccc1OCC(=O)Nc1ccccc1. The maximum atomic E-state index is 12.8.